The van der Waals surface area contributed by atoms with Gasteiger partial charge < -0.3 is 5.32 Å². The van der Waals surface area contributed by atoms with Gasteiger partial charge in [-0.25, -0.2) is 0 Å². The predicted octanol–water partition coefficient (Wildman–Crippen LogP) is 3.17. The van der Waals surface area contributed by atoms with E-state index in [0.29, 0.717) is 0 Å². The fraction of sp³-hybridized carbons (Fsp3) is 0.500. The molecule has 0 aromatic heterocycles. The zero-order valence-corrected chi connectivity index (χ0v) is 8.43. The van der Waals surface area contributed by atoms with Gasteiger partial charge in [0.25, 0.3) is 0 Å². The minimum atomic E-state index is 0.737. The van der Waals surface area contributed by atoms with Gasteiger partial charge in [0, 0.05) is 18.2 Å². The van der Waals surface area contributed by atoms with E-state index in [1.165, 1.54) is 23.2 Å². The minimum absolute atomic E-state index is 0.737. The molecule has 0 unspecified atom stereocenters. The molecule has 0 saturated carbocycles. The lowest BCUT2D eigenvalue weighted by Crippen LogP contribution is -1.99. The van der Waals surface area contributed by atoms with Gasteiger partial charge in [0.15, 0.2) is 0 Å². The number of aryl methyl sites for hydroxylation is 1. The average molecular weight is 175 g/mol. The van der Waals surface area contributed by atoms with E-state index >= 15 is 0 Å². The van der Waals surface area contributed by atoms with Crippen molar-refractivity contribution >= 4 is 5.69 Å². The summed E-state index contributed by atoms with van der Waals surface area (Å²) in [5.74, 6) is 0.737. The van der Waals surface area contributed by atoms with Crippen LogP contribution in [-0.2, 0) is 6.42 Å². The maximum absolute atomic E-state index is 3.52. The Bertz CT molecular complexity index is 304. The van der Waals surface area contributed by atoms with Crippen molar-refractivity contribution in [1.29, 1.82) is 0 Å². The molecule has 0 saturated heterocycles. The minimum Gasteiger partial charge on any atom is -0.384 e. The van der Waals surface area contributed by atoms with E-state index < -0.39 is 0 Å². The SMILES string of the molecule is CCc1cccc2c1NC[C@@H]2CC. The highest BCUT2D eigenvalue weighted by atomic mass is 14.9. The standard InChI is InChI=1S/C12H17N/c1-3-9-6-5-7-11-10(4-2)8-13-12(9)11/h5-7,10,13H,3-4,8H2,1-2H3/t10-/m0/s1. The van der Waals surface area contributed by atoms with Crippen LogP contribution >= 0.6 is 0 Å². The lowest BCUT2D eigenvalue weighted by Gasteiger charge is -2.07. The first-order valence-corrected chi connectivity index (χ1v) is 5.22. The molecule has 1 aromatic carbocycles. The van der Waals surface area contributed by atoms with Crippen LogP contribution in [0.3, 0.4) is 0 Å². The first-order chi connectivity index (χ1) is 6.36. The van der Waals surface area contributed by atoms with Crippen LogP contribution in [-0.4, -0.2) is 6.54 Å². The highest BCUT2D eigenvalue weighted by molar-refractivity contribution is 5.63. The molecule has 70 valence electrons. The molecule has 0 bridgehead atoms. The fourth-order valence-corrected chi connectivity index (χ4v) is 2.17. The average Bonchev–Trinajstić information content (AvgIpc) is 2.60. The Morgan fingerprint density at radius 3 is 2.92 bits per heavy atom. The van der Waals surface area contributed by atoms with E-state index in [1.807, 2.05) is 0 Å². The summed E-state index contributed by atoms with van der Waals surface area (Å²) < 4.78 is 0. The third-order valence-corrected chi connectivity index (χ3v) is 3.02. The van der Waals surface area contributed by atoms with Crippen molar-refractivity contribution < 1.29 is 0 Å². The Labute approximate surface area is 80.2 Å². The van der Waals surface area contributed by atoms with E-state index in [4.69, 9.17) is 0 Å². The number of nitrogens with one attached hydrogen (secondary N) is 1. The quantitative estimate of drug-likeness (QED) is 0.728. The van der Waals surface area contributed by atoms with Crippen molar-refractivity contribution in [3.8, 4) is 0 Å². The van der Waals surface area contributed by atoms with Crippen molar-refractivity contribution in [2.45, 2.75) is 32.6 Å². The first-order valence-electron chi connectivity index (χ1n) is 5.22. The summed E-state index contributed by atoms with van der Waals surface area (Å²) in [4.78, 5) is 0. The Morgan fingerprint density at radius 2 is 2.23 bits per heavy atom. The first kappa shape index (κ1) is 8.61. The third-order valence-electron chi connectivity index (χ3n) is 3.02. The zero-order chi connectivity index (χ0) is 9.26. The maximum atomic E-state index is 3.52. The molecule has 13 heavy (non-hydrogen) atoms. The molecule has 1 aliphatic heterocycles. The molecule has 0 radical (unpaired) electrons. The number of para-hydroxylation sites is 1. The van der Waals surface area contributed by atoms with E-state index in [9.17, 15) is 0 Å². The second-order valence-corrected chi connectivity index (χ2v) is 3.72. The van der Waals surface area contributed by atoms with Gasteiger partial charge >= 0.3 is 0 Å². The molecule has 1 nitrogen and oxygen atoms in total. The van der Waals surface area contributed by atoms with Crippen molar-refractivity contribution in [1.82, 2.24) is 0 Å². The Balaban J connectivity index is 2.43. The summed E-state index contributed by atoms with van der Waals surface area (Å²) >= 11 is 0. The summed E-state index contributed by atoms with van der Waals surface area (Å²) in [7, 11) is 0. The van der Waals surface area contributed by atoms with E-state index in [-0.39, 0.29) is 0 Å². The number of benzene rings is 1. The van der Waals surface area contributed by atoms with Gasteiger partial charge in [0.2, 0.25) is 0 Å². The molecule has 0 aliphatic carbocycles. The van der Waals surface area contributed by atoms with Crippen LogP contribution in [0.4, 0.5) is 5.69 Å². The van der Waals surface area contributed by atoms with Gasteiger partial charge in [-0.3, -0.25) is 0 Å². The van der Waals surface area contributed by atoms with Gasteiger partial charge in [-0.1, -0.05) is 32.0 Å². The normalized spacial score (nSPS) is 19.7. The number of anilines is 1. The number of rotatable bonds is 2. The van der Waals surface area contributed by atoms with Crippen LogP contribution in [0.1, 0.15) is 37.3 Å². The van der Waals surface area contributed by atoms with Crippen LogP contribution in [0.15, 0.2) is 18.2 Å². The van der Waals surface area contributed by atoms with E-state index in [1.54, 1.807) is 0 Å². The number of hydrogen-bond donors (Lipinski definition) is 1. The van der Waals surface area contributed by atoms with Gasteiger partial charge in [-0.15, -0.1) is 0 Å². The number of hydrogen-bond acceptors (Lipinski definition) is 1. The van der Waals surface area contributed by atoms with Crippen molar-refractivity contribution in [3.05, 3.63) is 29.3 Å². The van der Waals surface area contributed by atoms with Crippen LogP contribution in [0.5, 0.6) is 0 Å². The molecule has 1 heteroatoms. The van der Waals surface area contributed by atoms with Crippen molar-refractivity contribution in [2.24, 2.45) is 0 Å². The van der Waals surface area contributed by atoms with E-state index in [2.05, 4.69) is 37.4 Å². The second-order valence-electron chi connectivity index (χ2n) is 3.72. The van der Waals surface area contributed by atoms with Crippen molar-refractivity contribution in [3.63, 3.8) is 0 Å². The Morgan fingerprint density at radius 1 is 1.38 bits per heavy atom. The lowest BCUT2D eigenvalue weighted by atomic mass is 9.96. The van der Waals surface area contributed by atoms with Gasteiger partial charge in [0.1, 0.15) is 0 Å². The summed E-state index contributed by atoms with van der Waals surface area (Å²) in [5.41, 5.74) is 4.41. The van der Waals surface area contributed by atoms with Crippen LogP contribution < -0.4 is 5.32 Å². The highest BCUT2D eigenvalue weighted by Crippen LogP contribution is 2.35. The van der Waals surface area contributed by atoms with Crippen LogP contribution in [0, 0.1) is 0 Å². The molecule has 0 spiro atoms. The molecule has 1 heterocycles. The molecule has 1 aromatic rings. The Hall–Kier alpha value is -0.980. The smallest absolute Gasteiger partial charge is 0.0408 e. The van der Waals surface area contributed by atoms with Gasteiger partial charge in [0.05, 0.1) is 0 Å². The van der Waals surface area contributed by atoms with Crippen LogP contribution in [0.25, 0.3) is 0 Å². The summed E-state index contributed by atoms with van der Waals surface area (Å²) in [6.45, 7) is 5.61. The molecule has 0 amide bonds. The molecule has 2 rings (SSSR count). The maximum Gasteiger partial charge on any atom is 0.0408 e. The highest BCUT2D eigenvalue weighted by Gasteiger charge is 2.21. The van der Waals surface area contributed by atoms with Gasteiger partial charge in [-0.2, -0.15) is 0 Å². The monoisotopic (exact) mass is 175 g/mol. The predicted molar refractivity (Wildman–Crippen MR) is 57.3 cm³/mol. The molecular weight excluding hydrogens is 158 g/mol. The summed E-state index contributed by atoms with van der Waals surface area (Å²) in [6, 6.07) is 6.68. The summed E-state index contributed by atoms with van der Waals surface area (Å²) in [5, 5.41) is 3.52. The molecule has 1 N–H and O–H groups in total. The number of fused-ring (bicyclic) bond motifs is 1. The molecule has 1 aliphatic rings. The molecular formula is C12H17N. The third kappa shape index (κ3) is 1.32. The molecule has 0 fully saturated rings. The lowest BCUT2D eigenvalue weighted by molar-refractivity contribution is 0.727. The fourth-order valence-electron chi connectivity index (χ4n) is 2.17. The zero-order valence-electron chi connectivity index (χ0n) is 8.43. The largest absolute Gasteiger partial charge is 0.384 e. The second kappa shape index (κ2) is 3.41. The topological polar surface area (TPSA) is 12.0 Å². The van der Waals surface area contributed by atoms with Crippen molar-refractivity contribution in [2.75, 3.05) is 11.9 Å². The van der Waals surface area contributed by atoms with Gasteiger partial charge in [-0.05, 0) is 24.0 Å². The van der Waals surface area contributed by atoms with E-state index in [0.717, 1.165) is 18.9 Å². The summed E-state index contributed by atoms with van der Waals surface area (Å²) in [6.07, 6.45) is 2.37. The molecule has 1 atom stereocenters. The van der Waals surface area contributed by atoms with Crippen LogP contribution in [0.2, 0.25) is 0 Å². The Kier molecular flexibility index (Phi) is 2.26.